The van der Waals surface area contributed by atoms with Crippen LogP contribution in [0.25, 0.3) is 0 Å². The minimum atomic E-state index is -0.471. The highest BCUT2D eigenvalue weighted by molar-refractivity contribution is 5.72. The number of benzene rings is 2. The Morgan fingerprint density at radius 1 is 1.15 bits per heavy atom. The van der Waals surface area contributed by atoms with Gasteiger partial charge in [-0.3, -0.25) is 4.79 Å². The van der Waals surface area contributed by atoms with E-state index in [9.17, 15) is 9.18 Å². The smallest absolute Gasteiger partial charge is 0.310 e. The number of esters is 1. The zero-order valence-electron chi connectivity index (χ0n) is 11.1. The first-order chi connectivity index (χ1) is 9.69. The lowest BCUT2D eigenvalue weighted by molar-refractivity contribution is -0.139. The molecule has 0 aromatic heterocycles. The van der Waals surface area contributed by atoms with Crippen LogP contribution < -0.4 is 4.74 Å². The molecule has 0 bridgehead atoms. The largest absolute Gasteiger partial charge is 0.489 e. The van der Waals surface area contributed by atoms with Gasteiger partial charge >= 0.3 is 5.97 Å². The van der Waals surface area contributed by atoms with Crippen LogP contribution in [-0.2, 0) is 22.6 Å². The predicted octanol–water partition coefficient (Wildman–Crippen LogP) is 3.12. The second-order valence-electron chi connectivity index (χ2n) is 4.28. The Morgan fingerprint density at radius 3 is 2.55 bits per heavy atom. The van der Waals surface area contributed by atoms with Crippen molar-refractivity contribution in [1.82, 2.24) is 0 Å². The summed E-state index contributed by atoms with van der Waals surface area (Å²) in [5, 5.41) is 0. The number of ether oxygens (including phenoxy) is 2. The summed E-state index contributed by atoms with van der Waals surface area (Å²) in [5.41, 5.74) is 1.30. The summed E-state index contributed by atoms with van der Waals surface area (Å²) in [6.07, 6.45) is -0.0820. The summed E-state index contributed by atoms with van der Waals surface area (Å²) in [6.45, 7) is 0.372. The van der Waals surface area contributed by atoms with Crippen LogP contribution >= 0.6 is 0 Å². The molecule has 0 N–H and O–H groups in total. The van der Waals surface area contributed by atoms with Crippen LogP contribution in [0.2, 0.25) is 0 Å². The molecule has 0 unspecified atom stereocenters. The van der Waals surface area contributed by atoms with Crippen molar-refractivity contribution in [2.45, 2.75) is 13.0 Å². The van der Waals surface area contributed by atoms with Crippen molar-refractivity contribution in [1.29, 1.82) is 0 Å². The summed E-state index contributed by atoms with van der Waals surface area (Å²) in [7, 11) is 1.28. The van der Waals surface area contributed by atoms with Gasteiger partial charge in [-0.15, -0.1) is 0 Å². The molecule has 2 aromatic carbocycles. The van der Waals surface area contributed by atoms with Gasteiger partial charge in [0, 0.05) is 6.07 Å². The van der Waals surface area contributed by atoms with Gasteiger partial charge in [-0.2, -0.15) is 0 Å². The monoisotopic (exact) mass is 274 g/mol. The average Bonchev–Trinajstić information content (AvgIpc) is 2.48. The third kappa shape index (κ3) is 3.82. The molecule has 0 radical (unpaired) electrons. The number of methoxy groups -OCH3 is 1. The van der Waals surface area contributed by atoms with Crippen LogP contribution in [0.4, 0.5) is 4.39 Å². The summed E-state index contributed by atoms with van der Waals surface area (Å²) < 4.78 is 23.8. The van der Waals surface area contributed by atoms with Gasteiger partial charge in [0.1, 0.15) is 18.2 Å². The van der Waals surface area contributed by atoms with Gasteiger partial charge in [0.25, 0.3) is 0 Å². The maximum absolute atomic E-state index is 13.8. The normalized spacial score (nSPS) is 10.1. The van der Waals surface area contributed by atoms with Gasteiger partial charge in [0.15, 0.2) is 0 Å². The molecule has 0 spiro atoms. The van der Waals surface area contributed by atoms with Gasteiger partial charge in [0.2, 0.25) is 0 Å². The molecular weight excluding hydrogens is 259 g/mol. The highest BCUT2D eigenvalue weighted by Gasteiger charge is 2.09. The summed E-state index contributed by atoms with van der Waals surface area (Å²) >= 11 is 0. The number of hydrogen-bond acceptors (Lipinski definition) is 3. The lowest BCUT2D eigenvalue weighted by Gasteiger charge is -2.08. The van der Waals surface area contributed by atoms with Crippen molar-refractivity contribution in [3.63, 3.8) is 0 Å². The maximum Gasteiger partial charge on any atom is 0.310 e. The molecule has 0 saturated heterocycles. The predicted molar refractivity (Wildman–Crippen MR) is 72.9 cm³/mol. The summed E-state index contributed by atoms with van der Waals surface area (Å²) in [5.74, 6) is -0.511. The van der Waals surface area contributed by atoms with E-state index in [4.69, 9.17) is 4.74 Å². The minimum Gasteiger partial charge on any atom is -0.489 e. The molecular formula is C16H15FO3. The SMILES string of the molecule is COC(=O)Cc1ccc(OCc2ccccc2)cc1F. The first-order valence-electron chi connectivity index (χ1n) is 6.21. The topological polar surface area (TPSA) is 35.5 Å². The first-order valence-corrected chi connectivity index (χ1v) is 6.21. The molecule has 0 saturated carbocycles. The third-order valence-electron chi connectivity index (χ3n) is 2.84. The fraction of sp³-hybridized carbons (Fsp3) is 0.188. The molecule has 0 heterocycles. The Bertz CT molecular complexity index is 582. The van der Waals surface area contributed by atoms with Gasteiger partial charge < -0.3 is 9.47 Å². The zero-order valence-corrected chi connectivity index (χ0v) is 11.1. The summed E-state index contributed by atoms with van der Waals surface area (Å²) in [6, 6.07) is 14.1. The molecule has 0 atom stereocenters. The molecule has 104 valence electrons. The van der Waals surface area contributed by atoms with E-state index in [0.717, 1.165) is 5.56 Å². The Hall–Kier alpha value is -2.36. The molecule has 20 heavy (non-hydrogen) atoms. The standard InChI is InChI=1S/C16H15FO3/c1-19-16(18)9-13-7-8-14(10-15(13)17)20-11-12-5-3-2-4-6-12/h2-8,10H,9,11H2,1H3. The third-order valence-corrected chi connectivity index (χ3v) is 2.84. The average molecular weight is 274 g/mol. The molecule has 0 amide bonds. The van der Waals surface area contributed by atoms with E-state index in [2.05, 4.69) is 4.74 Å². The first kappa shape index (κ1) is 14.1. The van der Waals surface area contributed by atoms with Crippen LogP contribution in [0.3, 0.4) is 0 Å². The van der Waals surface area contributed by atoms with Crippen molar-refractivity contribution in [3.8, 4) is 5.75 Å². The van der Waals surface area contributed by atoms with Gasteiger partial charge in [-0.05, 0) is 17.2 Å². The summed E-state index contributed by atoms with van der Waals surface area (Å²) in [4.78, 5) is 11.1. The zero-order chi connectivity index (χ0) is 14.4. The molecule has 2 aromatic rings. The molecule has 2 rings (SSSR count). The minimum absolute atomic E-state index is 0.0820. The quantitative estimate of drug-likeness (QED) is 0.786. The van der Waals surface area contributed by atoms with Crippen LogP contribution in [0.15, 0.2) is 48.5 Å². The fourth-order valence-corrected chi connectivity index (χ4v) is 1.73. The van der Waals surface area contributed by atoms with Crippen LogP contribution in [-0.4, -0.2) is 13.1 Å². The maximum atomic E-state index is 13.8. The van der Waals surface area contributed by atoms with E-state index < -0.39 is 11.8 Å². The highest BCUT2D eigenvalue weighted by Crippen LogP contribution is 2.18. The van der Waals surface area contributed by atoms with E-state index in [1.54, 1.807) is 6.07 Å². The molecule has 0 aliphatic heterocycles. The lowest BCUT2D eigenvalue weighted by atomic mass is 10.1. The number of halogens is 1. The second kappa shape index (κ2) is 6.70. The van der Waals surface area contributed by atoms with Gasteiger partial charge in [0.05, 0.1) is 13.5 Å². The highest BCUT2D eigenvalue weighted by atomic mass is 19.1. The van der Waals surface area contributed by atoms with Crippen molar-refractivity contribution < 1.29 is 18.7 Å². The number of carbonyl (C=O) groups excluding carboxylic acids is 1. The van der Waals surface area contributed by atoms with Crippen molar-refractivity contribution >= 4 is 5.97 Å². The van der Waals surface area contributed by atoms with E-state index in [0.29, 0.717) is 17.9 Å². The number of hydrogen-bond donors (Lipinski definition) is 0. The van der Waals surface area contributed by atoms with Gasteiger partial charge in [-0.25, -0.2) is 4.39 Å². The second-order valence-corrected chi connectivity index (χ2v) is 4.28. The van der Waals surface area contributed by atoms with Crippen LogP contribution in [0, 0.1) is 5.82 Å². The number of carbonyl (C=O) groups is 1. The molecule has 0 aliphatic carbocycles. The Balaban J connectivity index is 2.00. The van der Waals surface area contributed by atoms with Crippen LogP contribution in [0.1, 0.15) is 11.1 Å². The van der Waals surface area contributed by atoms with Crippen LogP contribution in [0.5, 0.6) is 5.75 Å². The van der Waals surface area contributed by atoms with Crippen molar-refractivity contribution in [3.05, 3.63) is 65.5 Å². The van der Waals surface area contributed by atoms with E-state index in [1.807, 2.05) is 30.3 Å². The Morgan fingerprint density at radius 2 is 1.90 bits per heavy atom. The molecule has 3 nitrogen and oxygen atoms in total. The fourth-order valence-electron chi connectivity index (χ4n) is 1.73. The Kier molecular flexibility index (Phi) is 4.71. The van der Waals surface area contributed by atoms with Gasteiger partial charge in [-0.1, -0.05) is 36.4 Å². The number of rotatable bonds is 5. The lowest BCUT2D eigenvalue weighted by Crippen LogP contribution is -2.06. The van der Waals surface area contributed by atoms with Crippen molar-refractivity contribution in [2.75, 3.05) is 7.11 Å². The van der Waals surface area contributed by atoms with Crippen molar-refractivity contribution in [2.24, 2.45) is 0 Å². The molecule has 0 fully saturated rings. The molecule has 0 aliphatic rings. The van der Waals surface area contributed by atoms with E-state index in [1.165, 1.54) is 19.2 Å². The van der Waals surface area contributed by atoms with E-state index in [-0.39, 0.29) is 6.42 Å². The van der Waals surface area contributed by atoms with E-state index >= 15 is 0 Å². The molecule has 4 heteroatoms. The Labute approximate surface area is 117 Å².